The minimum Gasteiger partial charge on any atom is -0.454 e. The lowest BCUT2D eigenvalue weighted by Gasteiger charge is -2.29. The van der Waals surface area contributed by atoms with Gasteiger partial charge in [-0.05, 0) is 81.6 Å². The third-order valence-electron chi connectivity index (χ3n) is 8.52. The summed E-state index contributed by atoms with van der Waals surface area (Å²) in [6, 6.07) is 8.11. The fraction of sp³-hybridized carbons (Fsp3) is 0.742. The Bertz CT molecular complexity index is 736. The second kappa shape index (κ2) is 14.0. The van der Waals surface area contributed by atoms with Crippen LogP contribution in [0.4, 0.5) is 0 Å². The number of ketones is 1. The average Bonchev–Trinajstić information content (AvgIpc) is 2.87. The van der Waals surface area contributed by atoms with Crippen LogP contribution in [0.5, 0.6) is 0 Å². The van der Waals surface area contributed by atoms with Gasteiger partial charge in [-0.2, -0.15) is 0 Å². The summed E-state index contributed by atoms with van der Waals surface area (Å²) in [6.45, 7) is 6.25. The van der Waals surface area contributed by atoms with Gasteiger partial charge in [-0.25, -0.2) is 0 Å². The molecule has 2 aliphatic carbocycles. The van der Waals surface area contributed by atoms with Gasteiger partial charge in [0.1, 0.15) is 0 Å². The third kappa shape index (κ3) is 7.95. The van der Waals surface area contributed by atoms with Crippen molar-refractivity contribution in [3.63, 3.8) is 0 Å². The van der Waals surface area contributed by atoms with Crippen molar-refractivity contribution >= 4 is 11.8 Å². The maximum absolute atomic E-state index is 12.9. The van der Waals surface area contributed by atoms with Gasteiger partial charge in [0.05, 0.1) is 5.92 Å². The number of carbonyl (C=O) groups excluding carboxylic acids is 2. The topological polar surface area (TPSA) is 43.4 Å². The molecule has 2 saturated carbocycles. The molecule has 0 radical (unpaired) electrons. The van der Waals surface area contributed by atoms with Crippen molar-refractivity contribution in [2.75, 3.05) is 0 Å². The van der Waals surface area contributed by atoms with Crippen LogP contribution in [0.3, 0.4) is 0 Å². The van der Waals surface area contributed by atoms with Crippen LogP contribution in [0.15, 0.2) is 24.3 Å². The second-order valence-corrected chi connectivity index (χ2v) is 11.1. The summed E-state index contributed by atoms with van der Waals surface area (Å²) in [5, 5.41) is 0. The van der Waals surface area contributed by atoms with E-state index < -0.39 is 6.10 Å². The number of hydrogen-bond acceptors (Lipinski definition) is 3. The van der Waals surface area contributed by atoms with Gasteiger partial charge in [0, 0.05) is 5.56 Å². The molecule has 2 fully saturated rings. The van der Waals surface area contributed by atoms with Crippen LogP contribution in [0, 0.1) is 17.8 Å². The molecule has 190 valence electrons. The summed E-state index contributed by atoms with van der Waals surface area (Å²) in [6.07, 6.45) is 17.7. The first-order chi connectivity index (χ1) is 16.5. The summed E-state index contributed by atoms with van der Waals surface area (Å²) in [7, 11) is 0. The lowest BCUT2D eigenvalue weighted by molar-refractivity contribution is -0.152. The van der Waals surface area contributed by atoms with Crippen LogP contribution in [0.25, 0.3) is 0 Å². The van der Waals surface area contributed by atoms with Crippen LogP contribution in [-0.2, 0) is 9.53 Å². The van der Waals surface area contributed by atoms with E-state index >= 15 is 0 Å². The normalized spacial score (nSPS) is 26.1. The lowest BCUT2D eigenvalue weighted by Crippen LogP contribution is -2.30. The van der Waals surface area contributed by atoms with Crippen molar-refractivity contribution in [1.82, 2.24) is 0 Å². The number of ether oxygens (including phenoxy) is 1. The summed E-state index contributed by atoms with van der Waals surface area (Å²) in [5.41, 5.74) is 2.00. The van der Waals surface area contributed by atoms with Crippen molar-refractivity contribution < 1.29 is 14.3 Å². The number of Topliss-reactive ketones (excluding diaryl/α,β-unsaturated/α-hetero) is 1. The van der Waals surface area contributed by atoms with E-state index in [1.165, 1.54) is 76.2 Å². The fourth-order valence-corrected chi connectivity index (χ4v) is 6.22. The van der Waals surface area contributed by atoms with Crippen molar-refractivity contribution in [1.29, 1.82) is 0 Å². The number of esters is 1. The maximum atomic E-state index is 12.9. The Morgan fingerprint density at radius 2 is 1.41 bits per heavy atom. The highest BCUT2D eigenvalue weighted by Crippen LogP contribution is 2.37. The molecule has 3 nitrogen and oxygen atoms in total. The highest BCUT2D eigenvalue weighted by Gasteiger charge is 2.30. The van der Waals surface area contributed by atoms with Crippen molar-refractivity contribution in [3.8, 4) is 0 Å². The van der Waals surface area contributed by atoms with Gasteiger partial charge in [-0.1, -0.05) is 83.1 Å². The molecule has 2 aliphatic rings. The van der Waals surface area contributed by atoms with E-state index in [-0.39, 0.29) is 17.7 Å². The minimum atomic E-state index is -0.713. The summed E-state index contributed by atoms with van der Waals surface area (Å²) < 4.78 is 5.65. The van der Waals surface area contributed by atoms with E-state index in [1.807, 2.05) is 12.1 Å². The largest absolute Gasteiger partial charge is 0.454 e. The lowest BCUT2D eigenvalue weighted by atomic mass is 9.77. The minimum absolute atomic E-state index is 0.0349. The Labute approximate surface area is 208 Å². The second-order valence-electron chi connectivity index (χ2n) is 11.1. The van der Waals surface area contributed by atoms with Crippen molar-refractivity contribution in [2.24, 2.45) is 17.8 Å². The van der Waals surface area contributed by atoms with Crippen molar-refractivity contribution in [2.45, 2.75) is 129 Å². The van der Waals surface area contributed by atoms with E-state index in [0.717, 1.165) is 37.5 Å². The molecule has 0 N–H and O–H groups in total. The van der Waals surface area contributed by atoms with E-state index in [9.17, 15) is 9.59 Å². The van der Waals surface area contributed by atoms with Crippen LogP contribution in [0.1, 0.15) is 139 Å². The van der Waals surface area contributed by atoms with Crippen LogP contribution < -0.4 is 0 Å². The highest BCUT2D eigenvalue weighted by molar-refractivity contribution is 6.00. The Kier molecular flexibility index (Phi) is 11.1. The number of hydrogen-bond donors (Lipinski definition) is 0. The number of rotatable bonds is 12. The molecule has 1 atom stereocenters. The predicted octanol–water partition coefficient (Wildman–Crippen LogP) is 8.65. The Hall–Kier alpha value is -1.64. The number of benzene rings is 1. The molecule has 3 rings (SSSR count). The first-order valence-electron chi connectivity index (χ1n) is 14.4. The molecule has 1 aromatic rings. The van der Waals surface area contributed by atoms with Gasteiger partial charge in [0.2, 0.25) is 5.78 Å². The Morgan fingerprint density at radius 3 is 2.03 bits per heavy atom. The standard InChI is InChI=1S/C31H48O3/c1-4-6-7-8-10-25-13-17-29(18-14-25)31(33)34-23(3)30(32)28-21-19-27(20-22-28)26-15-11-24(9-5-2)12-16-26/h19-26,29H,4-18H2,1-3H3/t23-,24?,25?,26?,29?/m0/s1. The number of carbonyl (C=O) groups is 2. The zero-order valence-electron chi connectivity index (χ0n) is 22.0. The maximum Gasteiger partial charge on any atom is 0.309 e. The SMILES string of the molecule is CCCCCCC1CCC(C(=O)O[C@@H](C)C(=O)c2ccc(C3CCC(CCC)CC3)cc2)CC1. The summed E-state index contributed by atoms with van der Waals surface area (Å²) in [5.74, 6) is 1.99. The first kappa shape index (κ1) is 27.0. The smallest absolute Gasteiger partial charge is 0.309 e. The molecule has 0 aromatic heterocycles. The van der Waals surface area contributed by atoms with E-state index in [0.29, 0.717) is 11.5 Å². The van der Waals surface area contributed by atoms with E-state index in [4.69, 9.17) is 4.74 Å². The van der Waals surface area contributed by atoms with Crippen molar-refractivity contribution in [3.05, 3.63) is 35.4 Å². The zero-order valence-corrected chi connectivity index (χ0v) is 22.0. The highest BCUT2D eigenvalue weighted by atomic mass is 16.5. The molecule has 0 aliphatic heterocycles. The van der Waals surface area contributed by atoms with Gasteiger partial charge in [0.25, 0.3) is 0 Å². The van der Waals surface area contributed by atoms with Gasteiger partial charge in [-0.3, -0.25) is 9.59 Å². The molecule has 0 heterocycles. The molecule has 0 unspecified atom stereocenters. The molecule has 0 amide bonds. The predicted molar refractivity (Wildman–Crippen MR) is 140 cm³/mol. The zero-order chi connectivity index (χ0) is 24.3. The monoisotopic (exact) mass is 468 g/mol. The van der Waals surface area contributed by atoms with Crippen LogP contribution in [-0.4, -0.2) is 17.9 Å². The molecular weight excluding hydrogens is 420 g/mol. The third-order valence-corrected chi connectivity index (χ3v) is 8.52. The summed E-state index contributed by atoms with van der Waals surface area (Å²) in [4.78, 5) is 25.6. The number of unbranched alkanes of at least 4 members (excludes halogenated alkanes) is 3. The van der Waals surface area contributed by atoms with E-state index in [2.05, 4.69) is 26.0 Å². The molecule has 0 spiro atoms. The molecular formula is C31H48O3. The molecule has 0 saturated heterocycles. The van der Waals surface area contributed by atoms with Gasteiger partial charge < -0.3 is 4.74 Å². The van der Waals surface area contributed by atoms with Gasteiger partial charge >= 0.3 is 5.97 Å². The molecule has 1 aromatic carbocycles. The quantitative estimate of drug-likeness (QED) is 0.175. The molecule has 34 heavy (non-hydrogen) atoms. The Morgan fingerprint density at radius 1 is 0.794 bits per heavy atom. The molecule has 0 bridgehead atoms. The van der Waals surface area contributed by atoms with Gasteiger partial charge in [0.15, 0.2) is 6.10 Å². The Balaban J connectivity index is 1.41. The summed E-state index contributed by atoms with van der Waals surface area (Å²) >= 11 is 0. The van der Waals surface area contributed by atoms with Crippen LogP contribution >= 0.6 is 0 Å². The first-order valence-corrected chi connectivity index (χ1v) is 14.4. The average molecular weight is 469 g/mol. The fourth-order valence-electron chi connectivity index (χ4n) is 6.22. The molecule has 3 heteroatoms. The van der Waals surface area contributed by atoms with Crippen LogP contribution in [0.2, 0.25) is 0 Å². The van der Waals surface area contributed by atoms with E-state index in [1.54, 1.807) is 6.92 Å². The van der Waals surface area contributed by atoms with Gasteiger partial charge in [-0.15, -0.1) is 0 Å².